The zero-order valence-electron chi connectivity index (χ0n) is 15.1. The third kappa shape index (κ3) is 3.29. The van der Waals surface area contributed by atoms with E-state index in [0.717, 1.165) is 31.6 Å². The number of carbonyl (C=O) groups excluding carboxylic acids is 1. The van der Waals surface area contributed by atoms with Gasteiger partial charge < -0.3 is 14.0 Å². The van der Waals surface area contributed by atoms with E-state index >= 15 is 0 Å². The van der Waals surface area contributed by atoms with E-state index < -0.39 is 0 Å². The lowest BCUT2D eigenvalue weighted by Gasteiger charge is -2.25. The Balaban J connectivity index is 1.48. The van der Waals surface area contributed by atoms with Crippen LogP contribution in [0.15, 0.2) is 61.2 Å². The number of hydrogen-bond donors (Lipinski definition) is 0. The van der Waals surface area contributed by atoms with Crippen molar-refractivity contribution in [3.63, 3.8) is 0 Å². The van der Waals surface area contributed by atoms with Gasteiger partial charge in [0, 0.05) is 43.9 Å². The van der Waals surface area contributed by atoms with Crippen LogP contribution in [-0.4, -0.2) is 31.5 Å². The first-order valence-electron chi connectivity index (χ1n) is 9.16. The fraction of sp³-hybridized carbons (Fsp3) is 0.333. The molecular formula is C21H24N4O. The summed E-state index contributed by atoms with van der Waals surface area (Å²) >= 11 is 0. The maximum absolute atomic E-state index is 13.0. The Hall–Kier alpha value is -2.82. The highest BCUT2D eigenvalue weighted by Crippen LogP contribution is 2.32. The van der Waals surface area contributed by atoms with Crippen LogP contribution in [0.2, 0.25) is 0 Å². The molecule has 2 aromatic heterocycles. The van der Waals surface area contributed by atoms with Crippen molar-refractivity contribution in [1.29, 1.82) is 0 Å². The van der Waals surface area contributed by atoms with Crippen LogP contribution in [0.5, 0.6) is 0 Å². The van der Waals surface area contributed by atoms with Gasteiger partial charge >= 0.3 is 0 Å². The summed E-state index contributed by atoms with van der Waals surface area (Å²) in [6, 6.07) is 14.6. The van der Waals surface area contributed by atoms with Gasteiger partial charge in [0.05, 0.1) is 18.8 Å². The Morgan fingerprint density at radius 2 is 2.04 bits per heavy atom. The molecule has 0 saturated carbocycles. The first kappa shape index (κ1) is 16.6. The SMILES string of the molecule is Cn1cccc1[C@H]1CCCN1C(=O)Cc1cncn1Cc1ccccc1. The predicted octanol–water partition coefficient (Wildman–Crippen LogP) is 3.18. The van der Waals surface area contributed by atoms with Crippen LogP contribution < -0.4 is 0 Å². The number of rotatable bonds is 5. The molecule has 5 nitrogen and oxygen atoms in total. The van der Waals surface area contributed by atoms with Gasteiger partial charge in [-0.25, -0.2) is 4.98 Å². The van der Waals surface area contributed by atoms with Crippen molar-refractivity contribution in [1.82, 2.24) is 19.0 Å². The number of amides is 1. The molecule has 0 unspecified atom stereocenters. The van der Waals surface area contributed by atoms with E-state index in [2.05, 4.69) is 32.3 Å². The van der Waals surface area contributed by atoms with Crippen LogP contribution in [0, 0.1) is 0 Å². The standard InChI is InChI=1S/C21H24N4O/c1-23-11-5-9-19(23)20-10-6-12-25(20)21(26)13-18-14-22-16-24(18)15-17-7-3-2-4-8-17/h2-5,7-9,11,14,16,20H,6,10,12-13,15H2,1H3/t20-/m1/s1. The molecule has 0 bridgehead atoms. The van der Waals surface area contributed by atoms with Crippen molar-refractivity contribution in [2.45, 2.75) is 31.8 Å². The van der Waals surface area contributed by atoms with Crippen LogP contribution in [0.3, 0.4) is 0 Å². The van der Waals surface area contributed by atoms with Crippen LogP contribution >= 0.6 is 0 Å². The van der Waals surface area contributed by atoms with Gasteiger partial charge in [0.1, 0.15) is 0 Å². The van der Waals surface area contributed by atoms with Gasteiger partial charge in [0.2, 0.25) is 5.91 Å². The molecule has 134 valence electrons. The van der Waals surface area contributed by atoms with Crippen molar-refractivity contribution < 1.29 is 4.79 Å². The highest BCUT2D eigenvalue weighted by Gasteiger charge is 2.31. The molecule has 26 heavy (non-hydrogen) atoms. The second-order valence-electron chi connectivity index (χ2n) is 6.96. The predicted molar refractivity (Wildman–Crippen MR) is 101 cm³/mol. The van der Waals surface area contributed by atoms with E-state index in [4.69, 9.17) is 0 Å². The summed E-state index contributed by atoms with van der Waals surface area (Å²) in [5, 5.41) is 0. The molecule has 1 fully saturated rings. The number of benzene rings is 1. The summed E-state index contributed by atoms with van der Waals surface area (Å²) in [4.78, 5) is 19.3. The van der Waals surface area contributed by atoms with Crippen molar-refractivity contribution >= 4 is 5.91 Å². The van der Waals surface area contributed by atoms with Crippen molar-refractivity contribution in [2.75, 3.05) is 6.54 Å². The molecule has 1 aliphatic rings. The van der Waals surface area contributed by atoms with Crippen LogP contribution in [0.4, 0.5) is 0 Å². The number of hydrogen-bond acceptors (Lipinski definition) is 2. The van der Waals surface area contributed by atoms with Gasteiger partial charge in [0.25, 0.3) is 0 Å². The Kier molecular flexibility index (Phi) is 4.61. The lowest BCUT2D eigenvalue weighted by atomic mass is 10.1. The normalized spacial score (nSPS) is 17.0. The molecular weight excluding hydrogens is 324 g/mol. The molecule has 1 aromatic carbocycles. The highest BCUT2D eigenvalue weighted by atomic mass is 16.2. The largest absolute Gasteiger partial charge is 0.353 e. The highest BCUT2D eigenvalue weighted by molar-refractivity contribution is 5.79. The Morgan fingerprint density at radius 1 is 1.19 bits per heavy atom. The maximum Gasteiger partial charge on any atom is 0.229 e. The van der Waals surface area contributed by atoms with Crippen LogP contribution in [0.25, 0.3) is 0 Å². The summed E-state index contributed by atoms with van der Waals surface area (Å²) in [5.74, 6) is 0.184. The minimum absolute atomic E-state index is 0.184. The zero-order chi connectivity index (χ0) is 17.9. The minimum atomic E-state index is 0.184. The quantitative estimate of drug-likeness (QED) is 0.711. The van der Waals surface area contributed by atoms with E-state index in [9.17, 15) is 4.79 Å². The number of carbonyl (C=O) groups is 1. The second kappa shape index (κ2) is 7.20. The smallest absolute Gasteiger partial charge is 0.229 e. The first-order valence-corrected chi connectivity index (χ1v) is 9.16. The first-order chi connectivity index (χ1) is 12.7. The molecule has 5 heteroatoms. The average molecular weight is 348 g/mol. The summed E-state index contributed by atoms with van der Waals surface area (Å²) < 4.78 is 4.19. The van der Waals surface area contributed by atoms with E-state index in [0.29, 0.717) is 6.42 Å². The summed E-state index contributed by atoms with van der Waals surface area (Å²) in [6.07, 6.45) is 8.17. The van der Waals surface area contributed by atoms with Gasteiger partial charge in [0.15, 0.2) is 0 Å². The zero-order valence-corrected chi connectivity index (χ0v) is 15.1. The lowest BCUT2D eigenvalue weighted by molar-refractivity contribution is -0.131. The number of aryl methyl sites for hydroxylation is 1. The number of nitrogens with zero attached hydrogens (tertiary/aromatic N) is 4. The molecule has 1 aliphatic heterocycles. The van der Waals surface area contributed by atoms with Gasteiger partial charge in [-0.1, -0.05) is 30.3 Å². The van der Waals surface area contributed by atoms with E-state index in [1.807, 2.05) is 54.9 Å². The monoisotopic (exact) mass is 348 g/mol. The Morgan fingerprint density at radius 3 is 2.81 bits per heavy atom. The van der Waals surface area contributed by atoms with Crippen molar-refractivity contribution in [2.24, 2.45) is 7.05 Å². The van der Waals surface area contributed by atoms with Crippen molar-refractivity contribution in [3.05, 3.63) is 78.1 Å². The molecule has 1 amide bonds. The molecule has 0 radical (unpaired) electrons. The Labute approximate surface area is 153 Å². The minimum Gasteiger partial charge on any atom is -0.353 e. The van der Waals surface area contributed by atoms with Gasteiger partial charge in [-0.3, -0.25) is 4.79 Å². The molecule has 0 N–H and O–H groups in total. The molecule has 0 spiro atoms. The topological polar surface area (TPSA) is 43.1 Å². The van der Waals surface area contributed by atoms with Gasteiger partial charge in [-0.05, 0) is 30.5 Å². The number of aromatic nitrogens is 3. The van der Waals surface area contributed by atoms with E-state index in [1.165, 1.54) is 11.3 Å². The molecule has 0 aliphatic carbocycles. The van der Waals surface area contributed by atoms with E-state index in [1.54, 1.807) is 0 Å². The number of imidazole rings is 1. The summed E-state index contributed by atoms with van der Waals surface area (Å²) in [5.41, 5.74) is 3.40. The van der Waals surface area contributed by atoms with Gasteiger partial charge in [-0.2, -0.15) is 0 Å². The molecule has 1 saturated heterocycles. The molecule has 1 atom stereocenters. The summed E-state index contributed by atoms with van der Waals surface area (Å²) in [6.45, 7) is 1.58. The van der Waals surface area contributed by atoms with Gasteiger partial charge in [-0.15, -0.1) is 0 Å². The Bertz CT molecular complexity index is 880. The molecule has 3 aromatic rings. The molecule has 3 heterocycles. The number of likely N-dealkylation sites (tertiary alicyclic amines) is 1. The fourth-order valence-electron chi connectivity index (χ4n) is 3.87. The van der Waals surface area contributed by atoms with Crippen LogP contribution in [-0.2, 0) is 24.8 Å². The second-order valence-corrected chi connectivity index (χ2v) is 6.96. The van der Waals surface area contributed by atoms with Crippen LogP contribution in [0.1, 0.15) is 35.8 Å². The van der Waals surface area contributed by atoms with Crippen molar-refractivity contribution in [3.8, 4) is 0 Å². The maximum atomic E-state index is 13.0. The van der Waals surface area contributed by atoms with E-state index in [-0.39, 0.29) is 11.9 Å². The summed E-state index contributed by atoms with van der Waals surface area (Å²) in [7, 11) is 2.05. The fourth-order valence-corrected chi connectivity index (χ4v) is 3.87. The average Bonchev–Trinajstić information content (AvgIpc) is 3.37. The third-order valence-corrected chi connectivity index (χ3v) is 5.23. The third-order valence-electron chi connectivity index (χ3n) is 5.23. The molecule has 4 rings (SSSR count). The lowest BCUT2D eigenvalue weighted by Crippen LogP contribution is -2.33.